The predicted octanol–water partition coefficient (Wildman–Crippen LogP) is 3.78. The molecule has 0 bridgehead atoms. The Morgan fingerprint density at radius 1 is 1.12 bits per heavy atom. The molecule has 1 atom stereocenters. The van der Waals surface area contributed by atoms with Crippen molar-refractivity contribution in [1.29, 1.82) is 0 Å². The van der Waals surface area contributed by atoms with Crippen LogP contribution < -0.4 is 4.90 Å². The standard InChI is InChI=1S/C25H24FN5O2/c1-16-19-11-12-22(32)31(15-17-7-9-18(26)10-8-17)24(19)29-23(28-16)21-6-4-14-30(21)25(33)20-5-2-3-13-27-20/h2-3,5,7-10,13,21H,4,6,11-12,14-15H2,1H3/t21-/m0/s1. The van der Waals surface area contributed by atoms with Crippen LogP contribution in [0.1, 0.15) is 58.4 Å². The number of carbonyl (C=O) groups is 2. The third-order valence-electron chi connectivity index (χ3n) is 6.30. The van der Waals surface area contributed by atoms with Gasteiger partial charge in [-0.05, 0) is 56.0 Å². The van der Waals surface area contributed by atoms with E-state index in [1.165, 1.54) is 12.1 Å². The summed E-state index contributed by atoms with van der Waals surface area (Å²) in [5, 5.41) is 0. The number of aryl methyl sites for hydroxylation is 1. The number of nitrogens with zero attached hydrogens (tertiary/aromatic N) is 5. The first-order valence-corrected chi connectivity index (χ1v) is 11.2. The molecule has 5 rings (SSSR count). The van der Waals surface area contributed by atoms with Crippen LogP contribution in [-0.2, 0) is 17.8 Å². The van der Waals surface area contributed by atoms with Crippen molar-refractivity contribution in [1.82, 2.24) is 19.9 Å². The highest BCUT2D eigenvalue weighted by Crippen LogP contribution is 2.35. The summed E-state index contributed by atoms with van der Waals surface area (Å²) in [5.74, 6) is 0.658. The molecule has 7 nitrogen and oxygen atoms in total. The molecule has 0 unspecified atom stereocenters. The summed E-state index contributed by atoms with van der Waals surface area (Å²) in [7, 11) is 0. The third kappa shape index (κ3) is 4.08. The maximum Gasteiger partial charge on any atom is 0.273 e. The van der Waals surface area contributed by atoms with Gasteiger partial charge in [0, 0.05) is 30.4 Å². The lowest BCUT2D eigenvalue weighted by molar-refractivity contribution is -0.119. The van der Waals surface area contributed by atoms with Crippen molar-refractivity contribution in [2.75, 3.05) is 11.4 Å². The van der Waals surface area contributed by atoms with Crippen LogP contribution in [0.15, 0.2) is 48.7 Å². The Bertz CT molecular complexity index is 1200. The maximum absolute atomic E-state index is 13.3. The zero-order chi connectivity index (χ0) is 22.9. The summed E-state index contributed by atoms with van der Waals surface area (Å²) in [6, 6.07) is 11.1. The molecule has 3 aromatic rings. The number of rotatable bonds is 4. The van der Waals surface area contributed by atoms with Gasteiger partial charge in [-0.25, -0.2) is 14.4 Å². The smallest absolute Gasteiger partial charge is 0.273 e. The minimum atomic E-state index is -0.316. The maximum atomic E-state index is 13.3. The van der Waals surface area contributed by atoms with Crippen molar-refractivity contribution in [2.45, 2.75) is 45.2 Å². The van der Waals surface area contributed by atoms with E-state index in [9.17, 15) is 14.0 Å². The minimum absolute atomic E-state index is 0.0243. The number of hydrogen-bond acceptors (Lipinski definition) is 5. The minimum Gasteiger partial charge on any atom is -0.327 e. The van der Waals surface area contributed by atoms with Gasteiger partial charge in [0.1, 0.15) is 17.3 Å². The number of carbonyl (C=O) groups excluding carboxylic acids is 2. The van der Waals surface area contributed by atoms with Gasteiger partial charge in [0.15, 0.2) is 5.82 Å². The van der Waals surface area contributed by atoms with Crippen LogP contribution in [0.4, 0.5) is 10.2 Å². The summed E-state index contributed by atoms with van der Waals surface area (Å²) in [6.45, 7) is 2.84. The van der Waals surface area contributed by atoms with Crippen LogP contribution >= 0.6 is 0 Å². The van der Waals surface area contributed by atoms with Crippen LogP contribution in [-0.4, -0.2) is 38.2 Å². The number of amides is 2. The van der Waals surface area contributed by atoms with Gasteiger partial charge >= 0.3 is 0 Å². The molecule has 0 spiro atoms. The van der Waals surface area contributed by atoms with Gasteiger partial charge in [0.05, 0.1) is 12.6 Å². The van der Waals surface area contributed by atoms with E-state index in [1.54, 1.807) is 46.3 Å². The van der Waals surface area contributed by atoms with Gasteiger partial charge < -0.3 is 4.90 Å². The Labute approximate surface area is 191 Å². The van der Waals surface area contributed by atoms with Crippen molar-refractivity contribution in [2.24, 2.45) is 0 Å². The van der Waals surface area contributed by atoms with E-state index < -0.39 is 0 Å². The second-order valence-electron chi connectivity index (χ2n) is 8.45. The molecular weight excluding hydrogens is 421 g/mol. The Kier molecular flexibility index (Phi) is 5.58. The fourth-order valence-electron chi connectivity index (χ4n) is 4.60. The van der Waals surface area contributed by atoms with Gasteiger partial charge in [0.2, 0.25) is 5.91 Å². The highest BCUT2D eigenvalue weighted by molar-refractivity contribution is 5.95. The highest BCUT2D eigenvalue weighted by Gasteiger charge is 2.35. The number of fused-ring (bicyclic) bond motifs is 1. The molecule has 2 aromatic heterocycles. The summed E-state index contributed by atoms with van der Waals surface area (Å²) in [6.07, 6.45) is 4.17. The van der Waals surface area contributed by atoms with Crippen molar-refractivity contribution < 1.29 is 14.0 Å². The van der Waals surface area contributed by atoms with Crippen LogP contribution in [0, 0.1) is 12.7 Å². The average molecular weight is 445 g/mol. The van der Waals surface area contributed by atoms with E-state index in [0.29, 0.717) is 43.3 Å². The number of anilines is 1. The molecule has 0 saturated carbocycles. The van der Waals surface area contributed by atoms with Gasteiger partial charge in [-0.1, -0.05) is 18.2 Å². The molecule has 0 N–H and O–H groups in total. The van der Waals surface area contributed by atoms with E-state index in [0.717, 1.165) is 29.7 Å². The topological polar surface area (TPSA) is 79.3 Å². The molecule has 2 amide bonds. The first-order chi connectivity index (χ1) is 16.0. The quantitative estimate of drug-likeness (QED) is 0.611. The molecule has 4 heterocycles. The first kappa shape index (κ1) is 21.2. The molecule has 1 fully saturated rings. The predicted molar refractivity (Wildman–Crippen MR) is 120 cm³/mol. The SMILES string of the molecule is Cc1nc([C@@H]2CCCN2C(=O)c2ccccn2)nc2c1CCC(=O)N2Cc1ccc(F)cc1. The van der Waals surface area contributed by atoms with Gasteiger partial charge in [-0.15, -0.1) is 0 Å². The lowest BCUT2D eigenvalue weighted by Gasteiger charge is -2.31. The Balaban J connectivity index is 1.49. The van der Waals surface area contributed by atoms with Gasteiger partial charge in [0.25, 0.3) is 5.91 Å². The number of likely N-dealkylation sites (tertiary alicyclic amines) is 1. The molecule has 0 radical (unpaired) electrons. The normalized spacial score (nSPS) is 17.9. The van der Waals surface area contributed by atoms with E-state index in [2.05, 4.69) is 4.98 Å². The first-order valence-electron chi connectivity index (χ1n) is 11.2. The van der Waals surface area contributed by atoms with Crippen LogP contribution in [0.5, 0.6) is 0 Å². The lowest BCUT2D eigenvalue weighted by Crippen LogP contribution is -2.37. The van der Waals surface area contributed by atoms with E-state index >= 15 is 0 Å². The Hall–Kier alpha value is -3.68. The fraction of sp³-hybridized carbons (Fsp3) is 0.320. The number of benzene rings is 1. The van der Waals surface area contributed by atoms with Crippen molar-refractivity contribution in [3.63, 3.8) is 0 Å². The molecule has 2 aliphatic heterocycles. The van der Waals surface area contributed by atoms with Crippen molar-refractivity contribution >= 4 is 17.6 Å². The van der Waals surface area contributed by atoms with Crippen LogP contribution in [0.25, 0.3) is 0 Å². The summed E-state index contributed by atoms with van der Waals surface area (Å²) in [4.78, 5) is 43.2. The number of hydrogen-bond donors (Lipinski definition) is 0. The summed E-state index contributed by atoms with van der Waals surface area (Å²) in [5.41, 5.74) is 2.99. The molecule has 168 valence electrons. The second-order valence-corrected chi connectivity index (χ2v) is 8.45. The zero-order valence-electron chi connectivity index (χ0n) is 18.4. The van der Waals surface area contributed by atoms with E-state index in [1.807, 2.05) is 6.92 Å². The summed E-state index contributed by atoms with van der Waals surface area (Å²) >= 11 is 0. The number of pyridine rings is 1. The lowest BCUT2D eigenvalue weighted by atomic mass is 10.0. The van der Waals surface area contributed by atoms with Crippen molar-refractivity contribution in [3.05, 3.63) is 82.8 Å². The molecule has 8 heteroatoms. The van der Waals surface area contributed by atoms with E-state index in [4.69, 9.17) is 9.97 Å². The summed E-state index contributed by atoms with van der Waals surface area (Å²) < 4.78 is 13.3. The largest absolute Gasteiger partial charge is 0.327 e. The van der Waals surface area contributed by atoms with Crippen molar-refractivity contribution in [3.8, 4) is 0 Å². The highest BCUT2D eigenvalue weighted by atomic mass is 19.1. The molecule has 2 aliphatic rings. The molecule has 1 aromatic carbocycles. The fourth-order valence-corrected chi connectivity index (χ4v) is 4.60. The van der Waals surface area contributed by atoms with Gasteiger partial charge in [-0.3, -0.25) is 19.5 Å². The monoisotopic (exact) mass is 445 g/mol. The van der Waals surface area contributed by atoms with Crippen LogP contribution in [0.2, 0.25) is 0 Å². The number of aromatic nitrogens is 3. The second kappa shape index (κ2) is 8.69. The third-order valence-corrected chi connectivity index (χ3v) is 6.30. The van der Waals surface area contributed by atoms with E-state index in [-0.39, 0.29) is 23.7 Å². The van der Waals surface area contributed by atoms with Gasteiger partial charge in [-0.2, -0.15) is 0 Å². The molecule has 1 saturated heterocycles. The van der Waals surface area contributed by atoms with Crippen LogP contribution in [0.3, 0.4) is 0 Å². The molecule has 0 aliphatic carbocycles. The average Bonchev–Trinajstić information content (AvgIpc) is 3.32. The molecule has 33 heavy (non-hydrogen) atoms. The Morgan fingerprint density at radius 3 is 2.70 bits per heavy atom. The Morgan fingerprint density at radius 2 is 1.94 bits per heavy atom. The zero-order valence-corrected chi connectivity index (χ0v) is 18.4. The molecular formula is C25H24FN5O2. The number of halogens is 1.